The maximum atomic E-state index is 7.23. The van der Waals surface area contributed by atoms with Gasteiger partial charge in [0.2, 0.25) is 0 Å². The second-order valence-corrected chi connectivity index (χ2v) is 28.6. The van der Waals surface area contributed by atoms with Gasteiger partial charge in [0.05, 0.1) is 22.8 Å². The van der Waals surface area contributed by atoms with Crippen LogP contribution in [0.4, 0.5) is 5.69 Å². The molecule has 20 aromatic rings. The van der Waals surface area contributed by atoms with Crippen LogP contribution in [0.5, 0.6) is 0 Å². The number of nitrogens with two attached hydrogens (primary N) is 1. The van der Waals surface area contributed by atoms with Crippen LogP contribution in [-0.2, 0) is 86.8 Å². The zero-order valence-corrected chi connectivity index (χ0v) is 82.3. The quantitative estimate of drug-likeness (QED) is 0.108. The van der Waals surface area contributed by atoms with E-state index >= 15 is 0 Å². The molecule has 4 radical (unpaired) electrons. The number of anilines is 1. The van der Waals surface area contributed by atoms with Gasteiger partial charge in [0.1, 0.15) is 0 Å². The summed E-state index contributed by atoms with van der Waals surface area (Å²) in [6, 6.07) is 132. The van der Waals surface area contributed by atoms with E-state index < -0.39 is 20.6 Å². The Balaban J connectivity index is 0.000000181. The van der Waals surface area contributed by atoms with Gasteiger partial charge in [-0.1, -0.05) is 97.9 Å². The van der Waals surface area contributed by atoms with Crippen molar-refractivity contribution >= 4 is 5.69 Å². The fourth-order valence-electron chi connectivity index (χ4n) is 12.8. The minimum atomic E-state index is -2.09. The molecule has 0 aliphatic heterocycles. The standard InChI is InChI=1S/C18H15N2.3C17H13N2.3C12H10N.C11H9N2.4Ir/c1-2-14-12-18(15-8-4-3-5-9-15)20-13-16(14)17-10-6-7-11-19-17;3*1-13-11-17(14-7-3-2-4-8-14)19-12-15(13)16-9-5-6-10-18-16;3*1-10-7-8-12(13-9-10)11-5-3-2-4-6-11;12-10-6-7-11(13-8-10)9-4-2-1-3-5-9;;;;/h3-8,10-13H,2H2,1H3;3*2-7,9-12H,1H3;3*2-5,7-9H,1H3;1-4,6-8H,12H2;;;;/q8*-1;;;;/i;;;;3*1D3;;;;;. The van der Waals surface area contributed by atoms with Crippen molar-refractivity contribution in [1.82, 2.24) is 59.8 Å². The molecule has 0 fully saturated rings. The van der Waals surface area contributed by atoms with Crippen molar-refractivity contribution in [3.8, 4) is 135 Å². The van der Waals surface area contributed by atoms with Crippen molar-refractivity contribution in [1.29, 1.82) is 0 Å². The topological polar surface area (TPSA) is 181 Å². The van der Waals surface area contributed by atoms with E-state index in [1.54, 1.807) is 79.4 Å². The van der Waals surface area contributed by atoms with Crippen LogP contribution in [0.25, 0.3) is 135 Å². The summed E-state index contributed by atoms with van der Waals surface area (Å²) in [6.45, 7) is 2.12. The van der Waals surface area contributed by atoms with Crippen LogP contribution in [0.3, 0.4) is 0 Å². The molecule has 2 N–H and O–H groups in total. The summed E-state index contributed by atoms with van der Waals surface area (Å²) < 4.78 is 65.1. The third kappa shape index (κ3) is 31.6. The summed E-state index contributed by atoms with van der Waals surface area (Å²) >= 11 is 0. The number of hydrogen-bond acceptors (Lipinski definition) is 13. The largest absolute Gasteiger partial charge is 0.398 e. The van der Waals surface area contributed by atoms with E-state index in [0.29, 0.717) is 5.69 Å². The minimum absolute atomic E-state index is 0. The van der Waals surface area contributed by atoms with Gasteiger partial charge in [-0.3, -0.25) is 19.9 Å². The normalized spacial score (nSPS) is 11.2. The van der Waals surface area contributed by atoms with Crippen LogP contribution in [0, 0.1) is 89.9 Å². The third-order valence-corrected chi connectivity index (χ3v) is 19.4. The molecule has 17 heteroatoms. The Labute approximate surface area is 848 Å². The Morgan fingerprint density at radius 2 is 0.451 bits per heavy atom. The summed E-state index contributed by atoms with van der Waals surface area (Å²) in [5, 5.41) is 0. The van der Waals surface area contributed by atoms with Gasteiger partial charge in [0.15, 0.2) is 0 Å². The average molecular weight is 2450 g/mol. The Bertz CT molecular complexity index is 6560. The van der Waals surface area contributed by atoms with Crippen molar-refractivity contribution < 1.29 is 92.8 Å². The second kappa shape index (κ2) is 55.2. The van der Waals surface area contributed by atoms with Crippen molar-refractivity contribution in [2.75, 3.05) is 5.73 Å². The average Bonchev–Trinajstić information content (AvgIpc) is 0.817. The van der Waals surface area contributed by atoms with Crippen LogP contribution in [-0.4, -0.2) is 59.8 Å². The molecule has 133 heavy (non-hydrogen) atoms. The van der Waals surface area contributed by atoms with Gasteiger partial charge in [0.25, 0.3) is 0 Å². The summed E-state index contributed by atoms with van der Waals surface area (Å²) in [7, 11) is 0. The molecule has 0 unspecified atom stereocenters. The number of rotatable bonds is 13. The number of nitrogens with zero attached hydrogens (tertiary/aromatic N) is 12. The molecule has 20 rings (SSSR count). The molecular formula is C116H93Ir4N13-8. The van der Waals surface area contributed by atoms with Crippen LogP contribution in [0.2, 0.25) is 0 Å². The van der Waals surface area contributed by atoms with Gasteiger partial charge in [-0.05, 0) is 187 Å². The van der Waals surface area contributed by atoms with Gasteiger partial charge in [-0.15, -0.1) is 287 Å². The SMILES string of the molecule is CCc1cc(-c2[c-]cccc2)ncc1-c1ccccn1.Cc1cc(-c2[c-]cccc2)ncc1-c1ccccn1.Cc1cc(-c2[c-]cccc2)ncc1-c1ccccn1.Cc1cc(-c2[c-]cccc2)ncc1-c1ccccn1.Nc1ccc(-c2[c-]cccc2)nc1.[2H]C([2H])([2H])c1ccc(-c2[c-]cccc2)nc1.[2H]C([2H])([2H])c1ccc(-c2[c-]cccc2)nc1.[2H]C([2H])([2H])c1ccc(-c2[c-]cccc2)nc1.[Ir].[Ir].[Ir].[Ir]. The molecular weight excluding hydrogens is 2340 g/mol. The van der Waals surface area contributed by atoms with E-state index in [9.17, 15) is 0 Å². The molecule has 0 spiro atoms. The fourth-order valence-corrected chi connectivity index (χ4v) is 12.8. The van der Waals surface area contributed by atoms with Crippen molar-refractivity contribution in [3.05, 3.63) is 502 Å². The maximum Gasteiger partial charge on any atom is 0.0719 e. The molecule has 13 nitrogen and oxygen atoms in total. The Morgan fingerprint density at radius 3 is 0.654 bits per heavy atom. The Hall–Kier alpha value is -14.0. The van der Waals surface area contributed by atoms with Crippen molar-refractivity contribution in [2.45, 2.75) is 54.7 Å². The summed E-state index contributed by atoms with van der Waals surface area (Å²) in [4.78, 5) is 52.2. The van der Waals surface area contributed by atoms with Gasteiger partial charge in [-0.25, -0.2) is 0 Å². The number of benzene rings is 8. The zero-order valence-electron chi connectivity index (χ0n) is 81.7. The fraction of sp³-hybridized carbons (Fsp3) is 0.0690. The molecule has 666 valence electrons. The first-order valence-corrected chi connectivity index (χ1v) is 41.4. The molecule has 12 aromatic heterocycles. The van der Waals surface area contributed by atoms with E-state index in [0.717, 1.165) is 142 Å². The van der Waals surface area contributed by atoms with Crippen LogP contribution < -0.4 is 5.73 Å². The van der Waals surface area contributed by atoms with E-state index in [-0.39, 0.29) is 97.1 Å². The van der Waals surface area contributed by atoms with E-state index in [2.05, 4.69) is 160 Å². The first-order chi connectivity index (χ1) is 67.0. The first kappa shape index (κ1) is 89.5. The van der Waals surface area contributed by atoms with Crippen LogP contribution >= 0.6 is 0 Å². The molecule has 8 aromatic carbocycles. The van der Waals surface area contributed by atoms with Crippen molar-refractivity contribution in [2.24, 2.45) is 0 Å². The van der Waals surface area contributed by atoms with Crippen molar-refractivity contribution in [3.63, 3.8) is 0 Å². The summed E-state index contributed by atoms with van der Waals surface area (Å²) in [5.41, 5.74) is 34.4. The molecule has 0 saturated heterocycles. The zero-order chi connectivity index (χ0) is 96.9. The predicted octanol–water partition coefficient (Wildman–Crippen LogP) is 26.6. The van der Waals surface area contributed by atoms with Gasteiger partial charge in [0, 0.05) is 195 Å². The summed E-state index contributed by atoms with van der Waals surface area (Å²) in [6.07, 6.45) is 21.6. The van der Waals surface area contributed by atoms with Crippen LogP contribution in [0.15, 0.2) is 414 Å². The summed E-state index contributed by atoms with van der Waals surface area (Å²) in [5.74, 6) is 0. The van der Waals surface area contributed by atoms with E-state index in [4.69, 9.17) is 18.1 Å². The van der Waals surface area contributed by atoms with Crippen LogP contribution in [0.1, 0.15) is 58.2 Å². The predicted molar refractivity (Wildman–Crippen MR) is 523 cm³/mol. The number of hydrogen-bond donors (Lipinski definition) is 1. The van der Waals surface area contributed by atoms with Gasteiger partial charge >= 0.3 is 0 Å². The van der Waals surface area contributed by atoms with E-state index in [1.807, 2.05) is 292 Å². The molecule has 0 aliphatic rings. The molecule has 12 heterocycles. The molecule has 0 aliphatic carbocycles. The smallest absolute Gasteiger partial charge is 0.0719 e. The third-order valence-electron chi connectivity index (χ3n) is 19.4. The van der Waals surface area contributed by atoms with E-state index in [1.165, 1.54) is 40.8 Å². The Morgan fingerprint density at radius 1 is 0.226 bits per heavy atom. The van der Waals surface area contributed by atoms with Gasteiger partial charge in [-0.2, -0.15) is 0 Å². The number of nitrogen functional groups attached to an aromatic ring is 1. The molecule has 0 atom stereocenters. The number of pyridine rings is 12. The minimum Gasteiger partial charge on any atom is -0.398 e. The number of aromatic nitrogens is 12. The molecule has 0 amide bonds. The Kier molecular flexibility index (Phi) is 37.2. The first-order valence-electron chi connectivity index (χ1n) is 45.9. The van der Waals surface area contributed by atoms with Gasteiger partial charge < -0.3 is 45.6 Å². The molecule has 0 saturated carbocycles. The molecule has 0 bridgehead atoms. The second-order valence-electron chi connectivity index (χ2n) is 28.6. The monoisotopic (exact) mass is 2450 g/mol. The number of aryl methyl sites for hydroxylation is 7. The maximum absolute atomic E-state index is 7.23.